The Labute approximate surface area is 266 Å². The lowest BCUT2D eigenvalue weighted by molar-refractivity contribution is -0.145. The number of hydrogen-bond donors (Lipinski definition) is 1. The number of rotatable bonds is 10. The van der Waals surface area contributed by atoms with Crippen LogP contribution in [0.25, 0.3) is 22.0 Å². The average molecular weight is 611 g/mol. The maximum Gasteiger partial charge on any atom is 0.321 e. The summed E-state index contributed by atoms with van der Waals surface area (Å²) in [6.07, 6.45) is 3.93. The molecule has 45 heavy (non-hydrogen) atoms. The van der Waals surface area contributed by atoms with E-state index in [0.29, 0.717) is 11.8 Å². The fraction of sp³-hybridized carbons (Fsp3) is 0.474. The molecule has 3 unspecified atom stereocenters. The van der Waals surface area contributed by atoms with Gasteiger partial charge in [0.05, 0.1) is 5.69 Å². The van der Waals surface area contributed by atoms with Crippen molar-refractivity contribution in [2.45, 2.75) is 76.9 Å². The molecule has 1 aromatic heterocycles. The highest BCUT2D eigenvalue weighted by Crippen LogP contribution is 2.44. The number of fused-ring (bicyclic) bond motifs is 1. The zero-order chi connectivity index (χ0) is 31.7. The number of halogens is 1. The first-order chi connectivity index (χ1) is 21.7. The van der Waals surface area contributed by atoms with Crippen molar-refractivity contribution in [3.63, 3.8) is 0 Å². The number of carboxylic acids is 1. The SMILES string of the molecule is CCn1nc(-c2cccc3ccccc23)cc1C1CCN(CC2CC(N(C)[C@@H](C(=O)O)C(C)C)CC2c2cccc(F)c2)CC1. The van der Waals surface area contributed by atoms with Gasteiger partial charge in [0, 0.05) is 36.3 Å². The molecule has 2 aliphatic rings. The summed E-state index contributed by atoms with van der Waals surface area (Å²) in [6, 6.07) is 24.0. The van der Waals surface area contributed by atoms with Crippen LogP contribution in [0.4, 0.5) is 4.39 Å². The molecule has 1 saturated heterocycles. The van der Waals surface area contributed by atoms with Crippen molar-refractivity contribution in [3.8, 4) is 11.3 Å². The largest absolute Gasteiger partial charge is 0.480 e. The van der Waals surface area contributed by atoms with Gasteiger partial charge in [-0.25, -0.2) is 4.39 Å². The predicted molar refractivity (Wildman–Crippen MR) is 179 cm³/mol. The van der Waals surface area contributed by atoms with Crippen LogP contribution < -0.4 is 0 Å². The van der Waals surface area contributed by atoms with Gasteiger partial charge >= 0.3 is 5.97 Å². The quantitative estimate of drug-likeness (QED) is 0.200. The molecule has 1 aliphatic heterocycles. The Bertz CT molecular complexity index is 1620. The maximum absolute atomic E-state index is 14.3. The van der Waals surface area contributed by atoms with E-state index in [1.165, 1.54) is 28.1 Å². The first-order valence-corrected chi connectivity index (χ1v) is 16.7. The molecule has 1 saturated carbocycles. The molecular formula is C38H47FN4O2. The van der Waals surface area contributed by atoms with Gasteiger partial charge in [-0.3, -0.25) is 14.4 Å². The van der Waals surface area contributed by atoms with Gasteiger partial charge in [-0.1, -0.05) is 68.4 Å². The van der Waals surface area contributed by atoms with Crippen molar-refractivity contribution in [2.75, 3.05) is 26.7 Å². The molecule has 238 valence electrons. The van der Waals surface area contributed by atoms with Gasteiger partial charge in [0.2, 0.25) is 0 Å². The van der Waals surface area contributed by atoms with E-state index in [9.17, 15) is 14.3 Å². The van der Waals surface area contributed by atoms with Crippen LogP contribution >= 0.6 is 0 Å². The van der Waals surface area contributed by atoms with E-state index in [1.807, 2.05) is 33.0 Å². The van der Waals surface area contributed by atoms with Gasteiger partial charge in [0.25, 0.3) is 0 Å². The van der Waals surface area contributed by atoms with Crippen LogP contribution in [0, 0.1) is 17.7 Å². The van der Waals surface area contributed by atoms with Crippen molar-refractivity contribution in [3.05, 3.63) is 89.9 Å². The molecule has 0 amide bonds. The van der Waals surface area contributed by atoms with Gasteiger partial charge in [-0.2, -0.15) is 5.10 Å². The van der Waals surface area contributed by atoms with E-state index >= 15 is 0 Å². The number of likely N-dealkylation sites (tertiary alicyclic amines) is 1. The molecule has 0 bridgehead atoms. The minimum absolute atomic E-state index is 0.0101. The Morgan fingerprint density at radius 2 is 1.76 bits per heavy atom. The number of carboxylic acid groups (broad SMARTS) is 1. The topological polar surface area (TPSA) is 61.6 Å². The third-order valence-corrected chi connectivity index (χ3v) is 10.5. The standard InChI is InChI=1S/C38H47FN4O2/c1-5-43-36(23-35(40-43)33-15-9-11-26-10-6-7-14-32(26)33)27-16-18-42(19-17-27)24-29-21-31(41(4)37(25(2)3)38(44)45)22-34(29)28-12-8-13-30(39)20-28/h6-15,20,23,25,27,29,31,34,37H,5,16-19,21-22,24H2,1-4H3,(H,44,45)/t29?,31?,34?,37-/m1/s1. The Morgan fingerprint density at radius 1 is 1.02 bits per heavy atom. The van der Waals surface area contributed by atoms with Gasteiger partial charge < -0.3 is 10.0 Å². The second-order valence-corrected chi connectivity index (χ2v) is 13.6. The molecule has 1 N–H and O–H groups in total. The summed E-state index contributed by atoms with van der Waals surface area (Å²) in [5, 5.41) is 17.5. The summed E-state index contributed by atoms with van der Waals surface area (Å²) in [6.45, 7) is 9.95. The Hall–Kier alpha value is -3.55. The van der Waals surface area contributed by atoms with E-state index in [0.717, 1.165) is 63.1 Å². The molecule has 1 aliphatic carbocycles. The summed E-state index contributed by atoms with van der Waals surface area (Å²) >= 11 is 0. The summed E-state index contributed by atoms with van der Waals surface area (Å²) in [7, 11) is 1.96. The van der Waals surface area contributed by atoms with Crippen molar-refractivity contribution in [1.29, 1.82) is 0 Å². The summed E-state index contributed by atoms with van der Waals surface area (Å²) in [4.78, 5) is 16.8. The lowest BCUT2D eigenvalue weighted by Crippen LogP contribution is -2.47. The highest BCUT2D eigenvalue weighted by molar-refractivity contribution is 5.95. The average Bonchev–Trinajstić information content (AvgIpc) is 3.66. The van der Waals surface area contributed by atoms with Crippen LogP contribution in [0.2, 0.25) is 0 Å². The number of aryl methyl sites for hydroxylation is 1. The minimum atomic E-state index is -0.768. The van der Waals surface area contributed by atoms with Gasteiger partial charge in [0.15, 0.2) is 0 Å². The molecule has 6 nitrogen and oxygen atoms in total. The molecule has 2 fully saturated rings. The van der Waals surface area contributed by atoms with Crippen molar-refractivity contribution in [1.82, 2.24) is 19.6 Å². The van der Waals surface area contributed by atoms with Crippen LogP contribution in [0.5, 0.6) is 0 Å². The first kappa shape index (κ1) is 31.4. The van der Waals surface area contributed by atoms with Crippen molar-refractivity contribution < 1.29 is 14.3 Å². The van der Waals surface area contributed by atoms with Crippen molar-refractivity contribution >= 4 is 16.7 Å². The highest BCUT2D eigenvalue weighted by Gasteiger charge is 2.42. The Morgan fingerprint density at radius 3 is 2.47 bits per heavy atom. The lowest BCUT2D eigenvalue weighted by Gasteiger charge is -2.35. The Balaban J connectivity index is 1.17. The van der Waals surface area contributed by atoms with E-state index in [-0.39, 0.29) is 23.7 Å². The highest BCUT2D eigenvalue weighted by atomic mass is 19.1. The number of piperidine rings is 1. The van der Waals surface area contributed by atoms with Crippen LogP contribution in [-0.4, -0.2) is 69.4 Å². The van der Waals surface area contributed by atoms with Gasteiger partial charge in [-0.15, -0.1) is 0 Å². The summed E-state index contributed by atoms with van der Waals surface area (Å²) < 4.78 is 16.5. The second-order valence-electron chi connectivity index (χ2n) is 13.6. The third kappa shape index (κ3) is 6.56. The molecule has 4 atom stereocenters. The molecule has 2 heterocycles. The zero-order valence-electron chi connectivity index (χ0n) is 27.1. The monoisotopic (exact) mass is 610 g/mol. The molecule has 6 rings (SSSR count). The lowest BCUT2D eigenvalue weighted by atomic mass is 9.87. The number of aliphatic carboxylic acids is 1. The normalized spacial score (nSPS) is 22.1. The van der Waals surface area contributed by atoms with Crippen LogP contribution in [0.15, 0.2) is 72.8 Å². The number of aromatic nitrogens is 2. The maximum atomic E-state index is 14.3. The van der Waals surface area contributed by atoms with E-state index < -0.39 is 12.0 Å². The minimum Gasteiger partial charge on any atom is -0.480 e. The molecule has 4 aromatic rings. The molecular weight excluding hydrogens is 563 g/mol. The molecule has 3 aromatic carbocycles. The fourth-order valence-corrected chi connectivity index (χ4v) is 8.27. The van der Waals surface area contributed by atoms with E-state index in [1.54, 1.807) is 6.07 Å². The molecule has 7 heteroatoms. The van der Waals surface area contributed by atoms with E-state index in [2.05, 4.69) is 69.9 Å². The number of carbonyl (C=O) groups is 1. The van der Waals surface area contributed by atoms with Crippen LogP contribution in [-0.2, 0) is 11.3 Å². The van der Waals surface area contributed by atoms with Crippen LogP contribution in [0.1, 0.15) is 69.5 Å². The van der Waals surface area contributed by atoms with Crippen LogP contribution in [0.3, 0.4) is 0 Å². The molecule has 0 radical (unpaired) electrons. The van der Waals surface area contributed by atoms with Crippen molar-refractivity contribution in [2.24, 2.45) is 11.8 Å². The second kappa shape index (κ2) is 13.4. The number of benzene rings is 3. The Kier molecular flexibility index (Phi) is 9.39. The van der Waals surface area contributed by atoms with Gasteiger partial charge in [0.1, 0.15) is 11.9 Å². The summed E-state index contributed by atoms with van der Waals surface area (Å²) in [5.41, 5.74) is 4.60. The predicted octanol–water partition coefficient (Wildman–Crippen LogP) is 7.65. The fourth-order valence-electron chi connectivity index (χ4n) is 8.27. The number of likely N-dealkylation sites (N-methyl/N-ethyl adjacent to an activating group) is 1. The summed E-state index contributed by atoms with van der Waals surface area (Å²) in [5.74, 6) is 0.0473. The third-order valence-electron chi connectivity index (χ3n) is 10.5. The smallest absolute Gasteiger partial charge is 0.321 e. The first-order valence-electron chi connectivity index (χ1n) is 16.7. The number of hydrogen-bond acceptors (Lipinski definition) is 4. The van der Waals surface area contributed by atoms with Gasteiger partial charge in [-0.05, 0) is 105 Å². The van der Waals surface area contributed by atoms with E-state index in [4.69, 9.17) is 5.10 Å². The number of nitrogens with zero attached hydrogens (tertiary/aromatic N) is 4. The molecule has 0 spiro atoms. The zero-order valence-corrected chi connectivity index (χ0v) is 27.1.